The summed E-state index contributed by atoms with van der Waals surface area (Å²) in [6.45, 7) is 9.74. The molecule has 2 heterocycles. The highest BCUT2D eigenvalue weighted by atomic mass is 16.6. The zero-order valence-corrected chi connectivity index (χ0v) is 15.3. The average molecular weight is 342 g/mol. The number of amides is 1. The highest BCUT2D eigenvalue weighted by Gasteiger charge is 2.45. The van der Waals surface area contributed by atoms with Crippen molar-refractivity contribution in [2.75, 3.05) is 6.61 Å². The molecule has 0 aliphatic carbocycles. The van der Waals surface area contributed by atoms with Gasteiger partial charge in [0.05, 0.1) is 12.6 Å². The number of carboxylic acids is 1. The zero-order valence-electron chi connectivity index (χ0n) is 15.3. The number of nitrogens with one attached hydrogen (secondary N) is 1. The van der Waals surface area contributed by atoms with E-state index >= 15 is 0 Å². The van der Waals surface area contributed by atoms with Crippen molar-refractivity contribution in [3.63, 3.8) is 0 Å². The summed E-state index contributed by atoms with van der Waals surface area (Å²) < 4.78 is 11.3. The van der Waals surface area contributed by atoms with E-state index in [0.717, 1.165) is 19.3 Å². The summed E-state index contributed by atoms with van der Waals surface area (Å²) in [5, 5.41) is 12.2. The largest absolute Gasteiger partial charge is 0.480 e. The minimum absolute atomic E-state index is 0.0551. The van der Waals surface area contributed by atoms with Crippen LogP contribution in [0.2, 0.25) is 0 Å². The van der Waals surface area contributed by atoms with Gasteiger partial charge in [0.15, 0.2) is 0 Å². The quantitative estimate of drug-likeness (QED) is 0.815. The second-order valence-electron chi connectivity index (χ2n) is 8.17. The van der Waals surface area contributed by atoms with Crippen LogP contribution in [0, 0.1) is 0 Å². The number of carboxylic acid groups (broad SMARTS) is 1. The molecular weight excluding hydrogens is 312 g/mol. The third-order valence-electron chi connectivity index (χ3n) is 4.55. The number of hydrogen-bond acceptors (Lipinski definition) is 5. The summed E-state index contributed by atoms with van der Waals surface area (Å²) in [5.74, 6) is -0.793. The number of rotatable bonds is 4. The van der Waals surface area contributed by atoms with Gasteiger partial charge < -0.3 is 19.9 Å². The van der Waals surface area contributed by atoms with Gasteiger partial charge in [0.1, 0.15) is 17.4 Å². The molecule has 7 nitrogen and oxygen atoms in total. The minimum Gasteiger partial charge on any atom is -0.480 e. The van der Waals surface area contributed by atoms with Crippen molar-refractivity contribution in [3.8, 4) is 0 Å². The summed E-state index contributed by atoms with van der Waals surface area (Å²) in [7, 11) is 0. The third-order valence-corrected chi connectivity index (χ3v) is 4.55. The normalized spacial score (nSPS) is 29.7. The lowest BCUT2D eigenvalue weighted by Gasteiger charge is -2.35. The maximum absolute atomic E-state index is 12.6. The molecule has 0 aromatic carbocycles. The van der Waals surface area contributed by atoms with E-state index in [4.69, 9.17) is 14.6 Å². The van der Waals surface area contributed by atoms with E-state index in [1.54, 1.807) is 4.90 Å². The molecule has 0 bridgehead atoms. The van der Waals surface area contributed by atoms with Crippen molar-refractivity contribution in [1.29, 1.82) is 0 Å². The minimum atomic E-state index is -0.793. The number of ether oxygens (including phenoxy) is 2. The Morgan fingerprint density at radius 2 is 1.96 bits per heavy atom. The Hall–Kier alpha value is -1.34. The van der Waals surface area contributed by atoms with Crippen molar-refractivity contribution in [3.05, 3.63) is 0 Å². The second kappa shape index (κ2) is 6.88. The smallest absolute Gasteiger partial charge is 0.412 e. The molecule has 24 heavy (non-hydrogen) atoms. The Morgan fingerprint density at radius 1 is 1.29 bits per heavy atom. The van der Waals surface area contributed by atoms with Gasteiger partial charge in [0.25, 0.3) is 0 Å². The van der Waals surface area contributed by atoms with E-state index in [2.05, 4.69) is 5.32 Å². The fourth-order valence-electron chi connectivity index (χ4n) is 3.41. The van der Waals surface area contributed by atoms with E-state index < -0.39 is 23.3 Å². The Kier molecular flexibility index (Phi) is 5.44. The molecule has 0 aromatic rings. The first-order valence-corrected chi connectivity index (χ1v) is 8.65. The molecular formula is C17H30N2O5. The number of nitrogens with zero attached hydrogens (tertiary/aromatic N) is 1. The molecule has 2 fully saturated rings. The maximum atomic E-state index is 12.6. The lowest BCUT2D eigenvalue weighted by Crippen LogP contribution is -2.50. The summed E-state index contributed by atoms with van der Waals surface area (Å²) in [4.78, 5) is 25.3. The van der Waals surface area contributed by atoms with Gasteiger partial charge in [-0.25, -0.2) is 4.79 Å². The number of aliphatic carboxylic acids is 1. The van der Waals surface area contributed by atoms with Crippen molar-refractivity contribution in [1.82, 2.24) is 10.2 Å². The fourth-order valence-corrected chi connectivity index (χ4v) is 3.41. The molecule has 0 aromatic heterocycles. The highest BCUT2D eigenvalue weighted by molar-refractivity contribution is 5.73. The standard InChI is InChI=1S/C17H30N2O5/c1-16(2,3)24-15(22)19-12(10-23-17(19,4)5)8-6-11-7-9-13(18-11)14(20)21/h11-13,18H,6-10H2,1-5H3,(H,20,21)/t11-,12+,13-/m0/s1. The van der Waals surface area contributed by atoms with Crippen molar-refractivity contribution in [2.45, 2.75) is 89.8 Å². The zero-order chi connectivity index (χ0) is 18.1. The van der Waals surface area contributed by atoms with Crippen LogP contribution in [-0.2, 0) is 14.3 Å². The summed E-state index contributed by atoms with van der Waals surface area (Å²) in [5.41, 5.74) is -1.25. The van der Waals surface area contributed by atoms with E-state index in [-0.39, 0.29) is 18.2 Å². The van der Waals surface area contributed by atoms with Gasteiger partial charge in [-0.3, -0.25) is 9.69 Å². The highest BCUT2D eigenvalue weighted by Crippen LogP contribution is 2.32. The van der Waals surface area contributed by atoms with Gasteiger partial charge in [0.2, 0.25) is 0 Å². The molecule has 0 saturated carbocycles. The molecule has 138 valence electrons. The van der Waals surface area contributed by atoms with E-state index in [9.17, 15) is 9.59 Å². The van der Waals surface area contributed by atoms with Gasteiger partial charge in [-0.15, -0.1) is 0 Å². The Morgan fingerprint density at radius 3 is 2.50 bits per heavy atom. The van der Waals surface area contributed by atoms with Crippen LogP contribution in [0.1, 0.15) is 60.3 Å². The van der Waals surface area contributed by atoms with Crippen LogP contribution in [0.4, 0.5) is 4.79 Å². The molecule has 3 atom stereocenters. The molecule has 2 N–H and O–H groups in total. The van der Waals surface area contributed by atoms with Crippen LogP contribution in [0.3, 0.4) is 0 Å². The molecule has 2 aliphatic rings. The molecule has 1 amide bonds. The first-order chi connectivity index (χ1) is 11.0. The molecule has 2 rings (SSSR count). The van der Waals surface area contributed by atoms with Crippen LogP contribution >= 0.6 is 0 Å². The second-order valence-corrected chi connectivity index (χ2v) is 8.17. The maximum Gasteiger partial charge on any atom is 0.412 e. The topological polar surface area (TPSA) is 88.1 Å². The van der Waals surface area contributed by atoms with Gasteiger partial charge in [-0.2, -0.15) is 0 Å². The van der Waals surface area contributed by atoms with E-state index in [0.29, 0.717) is 13.0 Å². The van der Waals surface area contributed by atoms with Crippen molar-refractivity contribution < 1.29 is 24.2 Å². The molecule has 7 heteroatoms. The number of carbonyl (C=O) groups excluding carboxylic acids is 1. The van der Waals surface area contributed by atoms with Gasteiger partial charge in [-0.05, 0) is 60.3 Å². The first kappa shape index (κ1) is 19.0. The molecule has 0 unspecified atom stereocenters. The van der Waals surface area contributed by atoms with Crippen LogP contribution in [0.25, 0.3) is 0 Å². The van der Waals surface area contributed by atoms with Crippen molar-refractivity contribution >= 4 is 12.1 Å². The molecule has 2 aliphatic heterocycles. The van der Waals surface area contributed by atoms with Crippen LogP contribution < -0.4 is 5.32 Å². The van der Waals surface area contributed by atoms with Crippen molar-refractivity contribution in [2.24, 2.45) is 0 Å². The summed E-state index contributed by atoms with van der Waals surface area (Å²) >= 11 is 0. The van der Waals surface area contributed by atoms with Crippen LogP contribution in [-0.4, -0.2) is 58.1 Å². The predicted molar refractivity (Wildman–Crippen MR) is 88.7 cm³/mol. The van der Waals surface area contributed by atoms with Gasteiger partial charge in [-0.1, -0.05) is 0 Å². The molecule has 0 spiro atoms. The Labute approximate surface area is 143 Å². The summed E-state index contributed by atoms with van der Waals surface area (Å²) in [6.07, 6.45) is 2.71. The first-order valence-electron chi connectivity index (χ1n) is 8.65. The van der Waals surface area contributed by atoms with Crippen LogP contribution in [0.15, 0.2) is 0 Å². The van der Waals surface area contributed by atoms with E-state index in [1.165, 1.54) is 0 Å². The lowest BCUT2D eigenvalue weighted by atomic mass is 10.0. The van der Waals surface area contributed by atoms with Gasteiger partial charge >= 0.3 is 12.1 Å². The Balaban J connectivity index is 1.94. The lowest BCUT2D eigenvalue weighted by molar-refractivity contribution is -0.139. The molecule has 2 saturated heterocycles. The van der Waals surface area contributed by atoms with Crippen LogP contribution in [0.5, 0.6) is 0 Å². The Bertz CT molecular complexity index is 486. The average Bonchev–Trinajstić information content (AvgIpc) is 2.98. The fraction of sp³-hybridized carbons (Fsp3) is 0.882. The van der Waals surface area contributed by atoms with Gasteiger partial charge in [0, 0.05) is 6.04 Å². The number of hydrogen-bond donors (Lipinski definition) is 2. The predicted octanol–water partition coefficient (Wildman–Crippen LogP) is 2.34. The third kappa shape index (κ3) is 4.60. The SMILES string of the molecule is CC(C)(C)OC(=O)N1[C@H](CC[C@H]2CC[C@@H](C(=O)O)N2)COC1(C)C. The monoisotopic (exact) mass is 342 g/mol. The molecule has 0 radical (unpaired) electrons. The summed E-state index contributed by atoms with van der Waals surface area (Å²) in [6, 6.07) is -0.330. The number of carbonyl (C=O) groups is 2. The van der Waals surface area contributed by atoms with E-state index in [1.807, 2.05) is 34.6 Å².